The molecule has 3 heterocycles. The average molecular weight is 667 g/mol. The molecule has 0 spiro atoms. The quantitative estimate of drug-likeness (QED) is 0.269. The number of ether oxygens (including phenoxy) is 2. The van der Waals surface area contributed by atoms with Crippen LogP contribution in [0.3, 0.4) is 0 Å². The average Bonchev–Trinajstić information content (AvgIpc) is 3.57. The van der Waals surface area contributed by atoms with E-state index in [1.54, 1.807) is 31.1 Å². The molecule has 2 aromatic carbocycles. The van der Waals surface area contributed by atoms with Gasteiger partial charge in [-0.1, -0.05) is 42.5 Å². The van der Waals surface area contributed by atoms with Crippen molar-refractivity contribution in [3.8, 4) is 11.4 Å². The zero-order chi connectivity index (χ0) is 33.6. The molecule has 2 saturated heterocycles. The third-order valence-electron chi connectivity index (χ3n) is 8.19. The maximum Gasteiger partial charge on any atom is 0.409 e. The fourth-order valence-corrected chi connectivity index (χ4v) is 6.25. The van der Waals surface area contributed by atoms with E-state index in [4.69, 9.17) is 14.5 Å². The molecule has 2 unspecified atom stereocenters. The van der Waals surface area contributed by atoms with Gasteiger partial charge in [0, 0.05) is 64.4 Å². The van der Waals surface area contributed by atoms with Crippen molar-refractivity contribution in [2.45, 2.75) is 31.9 Å². The summed E-state index contributed by atoms with van der Waals surface area (Å²) in [6, 6.07) is 15.5. The molecule has 0 saturated carbocycles. The third-order valence-corrected chi connectivity index (χ3v) is 9.14. The van der Waals surface area contributed by atoms with Crippen LogP contribution in [0.5, 0.6) is 0 Å². The Morgan fingerprint density at radius 1 is 0.979 bits per heavy atom. The van der Waals surface area contributed by atoms with Crippen LogP contribution in [0.15, 0.2) is 60.7 Å². The van der Waals surface area contributed by atoms with Crippen molar-refractivity contribution in [3.05, 3.63) is 71.9 Å². The molecule has 5 rings (SSSR count). The number of nitrogens with one attached hydrogen (secondary N) is 1. The molecule has 0 bridgehead atoms. The number of amides is 3. The Morgan fingerprint density at radius 3 is 2.36 bits per heavy atom. The fraction of sp³-hybridized carbons (Fsp3) is 0.406. The van der Waals surface area contributed by atoms with Crippen LogP contribution in [-0.2, 0) is 25.3 Å². The van der Waals surface area contributed by atoms with Crippen LogP contribution in [0.1, 0.15) is 29.4 Å². The lowest BCUT2D eigenvalue weighted by atomic mass is 10.0. The molecule has 47 heavy (non-hydrogen) atoms. The van der Waals surface area contributed by atoms with Gasteiger partial charge in [-0.2, -0.15) is 0 Å². The molecule has 2 aliphatic rings. The van der Waals surface area contributed by atoms with E-state index in [-0.39, 0.29) is 56.3 Å². The second kappa shape index (κ2) is 15.0. The molecule has 2 atom stereocenters. The van der Waals surface area contributed by atoms with Gasteiger partial charge in [-0.15, -0.1) is 0 Å². The predicted octanol–water partition coefficient (Wildman–Crippen LogP) is 1.81. The first kappa shape index (κ1) is 34.0. The lowest BCUT2D eigenvalue weighted by molar-refractivity contribution is -0.134. The second-order valence-corrected chi connectivity index (χ2v) is 13.0. The number of piperazine rings is 1. The van der Waals surface area contributed by atoms with Gasteiger partial charge in [-0.25, -0.2) is 14.8 Å². The summed E-state index contributed by atoms with van der Waals surface area (Å²) in [4.78, 5) is 74.0. The Balaban J connectivity index is 1.43. The number of benzene rings is 2. The number of carbonyl (C=O) groups is 3. The molecule has 1 aromatic heterocycles. The largest absolute Gasteiger partial charge is 0.450 e. The molecule has 0 radical (unpaired) electrons. The molecule has 14 nitrogen and oxygen atoms in total. The SMILES string of the molecule is CCOC(=O)N1CCN(C(=O)C(Cc2cccc(P(=O)(O)O)c2)NC(=O)c2cc(N3CCC(OC)C3)nc(-c3ccccc3)n2)CC1. The molecule has 3 N–H and O–H groups in total. The number of rotatable bonds is 10. The summed E-state index contributed by atoms with van der Waals surface area (Å²) in [5.74, 6) is -0.108. The first-order valence-electron chi connectivity index (χ1n) is 15.4. The molecule has 3 aromatic rings. The highest BCUT2D eigenvalue weighted by Crippen LogP contribution is 2.33. The van der Waals surface area contributed by atoms with Gasteiger partial charge in [-0.3, -0.25) is 14.2 Å². The minimum Gasteiger partial charge on any atom is -0.450 e. The van der Waals surface area contributed by atoms with Gasteiger partial charge >= 0.3 is 13.7 Å². The number of anilines is 1. The molecule has 0 aliphatic carbocycles. The number of hydrogen-bond donors (Lipinski definition) is 3. The van der Waals surface area contributed by atoms with Crippen molar-refractivity contribution < 1.29 is 38.2 Å². The number of hydrogen-bond acceptors (Lipinski definition) is 9. The fourth-order valence-electron chi connectivity index (χ4n) is 5.63. The molecule has 250 valence electrons. The molecule has 2 fully saturated rings. The maximum atomic E-state index is 14.0. The van der Waals surface area contributed by atoms with Crippen molar-refractivity contribution in [3.63, 3.8) is 0 Å². The van der Waals surface area contributed by atoms with E-state index in [1.165, 1.54) is 23.1 Å². The van der Waals surface area contributed by atoms with Crippen LogP contribution in [0.4, 0.5) is 10.6 Å². The highest BCUT2D eigenvalue weighted by molar-refractivity contribution is 7.60. The van der Waals surface area contributed by atoms with Gasteiger partial charge in [0.15, 0.2) is 5.82 Å². The second-order valence-electron chi connectivity index (χ2n) is 11.3. The van der Waals surface area contributed by atoms with Crippen molar-refractivity contribution >= 4 is 36.6 Å². The number of carbonyl (C=O) groups excluding carboxylic acids is 3. The van der Waals surface area contributed by atoms with Crippen LogP contribution in [-0.4, -0.2) is 113 Å². The molecule has 2 aliphatic heterocycles. The van der Waals surface area contributed by atoms with Gasteiger partial charge in [0.2, 0.25) is 5.91 Å². The summed E-state index contributed by atoms with van der Waals surface area (Å²) in [6.07, 6.45) is 0.331. The van der Waals surface area contributed by atoms with Crippen LogP contribution < -0.4 is 15.5 Å². The lowest BCUT2D eigenvalue weighted by Gasteiger charge is -2.36. The summed E-state index contributed by atoms with van der Waals surface area (Å²) in [7, 11) is -2.90. The molecular weight excluding hydrogens is 627 g/mol. The zero-order valence-corrected chi connectivity index (χ0v) is 27.2. The highest BCUT2D eigenvalue weighted by atomic mass is 31.2. The summed E-state index contributed by atoms with van der Waals surface area (Å²) >= 11 is 0. The summed E-state index contributed by atoms with van der Waals surface area (Å²) < 4.78 is 22.6. The topological polar surface area (TPSA) is 175 Å². The Kier molecular flexibility index (Phi) is 10.9. The van der Waals surface area contributed by atoms with Crippen molar-refractivity contribution in [2.75, 3.05) is 57.9 Å². The van der Waals surface area contributed by atoms with Crippen LogP contribution in [0, 0.1) is 0 Å². The minimum absolute atomic E-state index is 0.0256. The maximum absolute atomic E-state index is 14.0. The van der Waals surface area contributed by atoms with E-state index in [2.05, 4.69) is 10.3 Å². The Hall–Kier alpha value is -4.36. The van der Waals surface area contributed by atoms with Gasteiger partial charge in [0.1, 0.15) is 17.6 Å². The van der Waals surface area contributed by atoms with E-state index in [0.717, 1.165) is 6.42 Å². The van der Waals surface area contributed by atoms with Gasteiger partial charge in [-0.05, 0) is 31.0 Å². The van der Waals surface area contributed by atoms with Gasteiger partial charge < -0.3 is 39.3 Å². The number of aromatic nitrogens is 2. The van der Waals surface area contributed by atoms with E-state index in [1.807, 2.05) is 35.2 Å². The third kappa shape index (κ3) is 8.52. The van der Waals surface area contributed by atoms with Crippen LogP contribution >= 0.6 is 7.60 Å². The predicted molar refractivity (Wildman–Crippen MR) is 173 cm³/mol. The van der Waals surface area contributed by atoms with E-state index >= 15 is 0 Å². The van der Waals surface area contributed by atoms with Crippen LogP contribution in [0.25, 0.3) is 11.4 Å². The summed E-state index contributed by atoms with van der Waals surface area (Å²) in [5, 5.41) is 2.65. The number of nitrogens with zero attached hydrogens (tertiary/aromatic N) is 5. The number of methoxy groups -OCH3 is 1. The molecule has 3 amide bonds. The first-order valence-corrected chi connectivity index (χ1v) is 17.1. The van der Waals surface area contributed by atoms with Gasteiger partial charge in [0.05, 0.1) is 18.0 Å². The lowest BCUT2D eigenvalue weighted by Crippen LogP contribution is -2.56. The Labute approximate surface area is 272 Å². The van der Waals surface area contributed by atoms with Crippen molar-refractivity contribution in [2.24, 2.45) is 0 Å². The standard InChI is InChI=1S/C32H39N6O8P/c1-3-46-32(41)37-16-14-36(15-17-37)31(40)27(19-22-8-7-11-25(18-22)47(42,43)44)34-30(39)26-20-28(38-13-12-24(21-38)45-2)35-29(33-26)23-9-5-4-6-10-23/h4-11,18,20,24,27H,3,12-17,19,21H2,1-2H3,(H,34,39)(H2,42,43,44). The highest BCUT2D eigenvalue weighted by Gasteiger charge is 2.32. The normalized spacial score (nSPS) is 17.4. The zero-order valence-electron chi connectivity index (χ0n) is 26.3. The Morgan fingerprint density at radius 2 is 1.70 bits per heavy atom. The van der Waals surface area contributed by atoms with E-state index < -0.39 is 31.5 Å². The van der Waals surface area contributed by atoms with E-state index in [9.17, 15) is 28.7 Å². The monoisotopic (exact) mass is 666 g/mol. The minimum atomic E-state index is -4.56. The van der Waals surface area contributed by atoms with Crippen molar-refractivity contribution in [1.82, 2.24) is 25.1 Å². The molecular formula is C32H39N6O8P. The smallest absolute Gasteiger partial charge is 0.409 e. The van der Waals surface area contributed by atoms with E-state index in [0.29, 0.717) is 35.9 Å². The van der Waals surface area contributed by atoms with Gasteiger partial charge in [0.25, 0.3) is 5.91 Å². The van der Waals surface area contributed by atoms with Crippen LogP contribution in [0.2, 0.25) is 0 Å². The summed E-state index contributed by atoms with van der Waals surface area (Å²) in [6.45, 7) is 4.19. The Bertz CT molecular complexity index is 1630. The summed E-state index contributed by atoms with van der Waals surface area (Å²) in [5.41, 5.74) is 1.22. The van der Waals surface area contributed by atoms with Crippen molar-refractivity contribution in [1.29, 1.82) is 0 Å². The first-order chi connectivity index (χ1) is 22.5. The molecule has 15 heteroatoms.